The Hall–Kier alpha value is -1.36. The number of carbonyl (C=O) groups excluding carboxylic acids is 1. The van der Waals surface area contributed by atoms with Crippen LogP contribution in [-0.4, -0.2) is 39.7 Å². The smallest absolute Gasteiger partial charge is 0.239 e. The first-order chi connectivity index (χ1) is 8.97. The van der Waals surface area contributed by atoms with E-state index in [4.69, 9.17) is 5.73 Å². The van der Waals surface area contributed by atoms with E-state index in [1.54, 1.807) is 0 Å². The first kappa shape index (κ1) is 14.1. The molecule has 0 aliphatic carbocycles. The van der Waals surface area contributed by atoms with Crippen LogP contribution in [0.5, 0.6) is 0 Å². The molecule has 1 unspecified atom stereocenters. The van der Waals surface area contributed by atoms with Crippen LogP contribution >= 0.6 is 0 Å². The van der Waals surface area contributed by atoms with Crippen molar-refractivity contribution in [3.05, 3.63) is 18.0 Å². The van der Waals surface area contributed by atoms with E-state index in [1.807, 2.05) is 29.0 Å². The van der Waals surface area contributed by atoms with Crippen LogP contribution in [0.4, 0.5) is 0 Å². The zero-order valence-corrected chi connectivity index (χ0v) is 12.0. The van der Waals surface area contributed by atoms with Gasteiger partial charge in [0.25, 0.3) is 0 Å². The summed E-state index contributed by atoms with van der Waals surface area (Å²) in [4.78, 5) is 14.2. The van der Waals surface area contributed by atoms with Gasteiger partial charge in [-0.2, -0.15) is 5.10 Å². The van der Waals surface area contributed by atoms with E-state index in [1.165, 1.54) is 5.56 Å². The highest BCUT2D eigenvalue weighted by Gasteiger charge is 2.30. The molecule has 0 spiro atoms. The highest BCUT2D eigenvalue weighted by atomic mass is 16.2. The molecule has 2 rings (SSSR count). The summed E-state index contributed by atoms with van der Waals surface area (Å²) in [6, 6.07) is -0.354. The third-order valence-electron chi connectivity index (χ3n) is 3.74. The Balaban J connectivity index is 1.92. The maximum absolute atomic E-state index is 12.2. The average Bonchev–Trinajstić information content (AvgIpc) is 2.95. The minimum Gasteiger partial charge on any atom is -0.341 e. The second kappa shape index (κ2) is 5.74. The van der Waals surface area contributed by atoms with Crippen molar-refractivity contribution in [1.29, 1.82) is 0 Å². The summed E-state index contributed by atoms with van der Waals surface area (Å²) < 4.78 is 1.81. The van der Waals surface area contributed by atoms with Gasteiger partial charge >= 0.3 is 0 Å². The monoisotopic (exact) mass is 264 g/mol. The lowest BCUT2D eigenvalue weighted by molar-refractivity contribution is -0.131. The number of likely N-dealkylation sites (tertiary alicyclic amines) is 1. The number of amides is 1. The molecule has 2 heterocycles. The normalized spacial score (nSPS) is 21.1. The second-order valence-corrected chi connectivity index (χ2v) is 5.95. The molecule has 1 aromatic heterocycles. The Morgan fingerprint density at radius 3 is 2.89 bits per heavy atom. The fourth-order valence-electron chi connectivity index (χ4n) is 2.73. The van der Waals surface area contributed by atoms with Gasteiger partial charge in [0.15, 0.2) is 0 Å². The molecule has 5 heteroatoms. The van der Waals surface area contributed by atoms with E-state index in [-0.39, 0.29) is 11.9 Å². The molecule has 0 aromatic carbocycles. The molecule has 2 N–H and O–H groups in total. The average molecular weight is 264 g/mol. The molecule has 1 aliphatic heterocycles. The molecule has 1 amide bonds. The highest BCUT2D eigenvalue weighted by Crippen LogP contribution is 2.27. The Labute approximate surface area is 114 Å². The number of nitrogens with two attached hydrogens (primary N) is 1. The van der Waals surface area contributed by atoms with E-state index in [2.05, 4.69) is 18.9 Å². The molecular weight excluding hydrogens is 240 g/mol. The number of hydrogen-bond acceptors (Lipinski definition) is 3. The standard InChI is InChI=1S/C14H24N4O/c1-10(2)6-13(15)14(19)18-5-4-11(9-18)12-7-16-17(3)8-12/h7-8,10-11,13H,4-6,9,15H2,1-3H3/t11?,13-/m0/s1. The van der Waals surface area contributed by atoms with E-state index in [9.17, 15) is 4.79 Å². The first-order valence-electron chi connectivity index (χ1n) is 7.00. The molecule has 1 fully saturated rings. The van der Waals surface area contributed by atoms with Crippen LogP contribution in [0.15, 0.2) is 12.4 Å². The van der Waals surface area contributed by atoms with E-state index in [0.29, 0.717) is 11.8 Å². The summed E-state index contributed by atoms with van der Waals surface area (Å²) in [7, 11) is 1.92. The second-order valence-electron chi connectivity index (χ2n) is 5.95. The molecule has 1 saturated heterocycles. The number of nitrogens with zero attached hydrogens (tertiary/aromatic N) is 3. The van der Waals surface area contributed by atoms with E-state index >= 15 is 0 Å². The van der Waals surface area contributed by atoms with Crippen molar-refractivity contribution in [3.8, 4) is 0 Å². The summed E-state index contributed by atoms with van der Waals surface area (Å²) in [6.07, 6.45) is 5.69. The summed E-state index contributed by atoms with van der Waals surface area (Å²) in [5.41, 5.74) is 7.20. The largest absolute Gasteiger partial charge is 0.341 e. The predicted molar refractivity (Wildman–Crippen MR) is 74.6 cm³/mol. The van der Waals surface area contributed by atoms with E-state index in [0.717, 1.165) is 25.9 Å². The van der Waals surface area contributed by atoms with Crippen molar-refractivity contribution in [2.24, 2.45) is 18.7 Å². The summed E-state index contributed by atoms with van der Waals surface area (Å²) in [5.74, 6) is 0.958. The molecule has 1 aromatic rings. The van der Waals surface area contributed by atoms with Gasteiger partial charge in [0.2, 0.25) is 5.91 Å². The number of aryl methyl sites for hydroxylation is 1. The van der Waals surface area contributed by atoms with Crippen LogP contribution in [0.25, 0.3) is 0 Å². The Morgan fingerprint density at radius 2 is 2.32 bits per heavy atom. The van der Waals surface area contributed by atoms with Gasteiger partial charge in [-0.3, -0.25) is 9.48 Å². The van der Waals surface area contributed by atoms with Crippen LogP contribution in [0.3, 0.4) is 0 Å². The minimum absolute atomic E-state index is 0.0973. The SMILES string of the molecule is CC(C)C[C@H](N)C(=O)N1CCC(c2cnn(C)c2)C1. The summed E-state index contributed by atoms with van der Waals surface area (Å²) >= 11 is 0. The van der Waals surface area contributed by atoms with Crippen molar-refractivity contribution < 1.29 is 4.79 Å². The third-order valence-corrected chi connectivity index (χ3v) is 3.74. The minimum atomic E-state index is -0.354. The molecule has 19 heavy (non-hydrogen) atoms. The number of rotatable bonds is 4. The Kier molecular flexibility index (Phi) is 4.24. The Morgan fingerprint density at radius 1 is 1.58 bits per heavy atom. The molecule has 1 aliphatic rings. The molecular formula is C14H24N4O. The lowest BCUT2D eigenvalue weighted by Gasteiger charge is -2.21. The topological polar surface area (TPSA) is 64.2 Å². The van der Waals surface area contributed by atoms with Gasteiger partial charge in [0, 0.05) is 32.3 Å². The molecule has 5 nitrogen and oxygen atoms in total. The van der Waals surface area contributed by atoms with Crippen molar-refractivity contribution >= 4 is 5.91 Å². The zero-order valence-electron chi connectivity index (χ0n) is 12.0. The fraction of sp³-hybridized carbons (Fsp3) is 0.714. The number of hydrogen-bond donors (Lipinski definition) is 1. The van der Waals surface area contributed by atoms with Gasteiger partial charge < -0.3 is 10.6 Å². The fourth-order valence-corrected chi connectivity index (χ4v) is 2.73. The highest BCUT2D eigenvalue weighted by molar-refractivity contribution is 5.82. The van der Waals surface area contributed by atoms with Crippen molar-refractivity contribution in [3.63, 3.8) is 0 Å². The number of aromatic nitrogens is 2. The van der Waals surface area contributed by atoms with Gasteiger partial charge in [-0.05, 0) is 24.3 Å². The summed E-state index contributed by atoms with van der Waals surface area (Å²) in [5, 5.41) is 4.19. The van der Waals surface area contributed by atoms with Crippen LogP contribution in [0.2, 0.25) is 0 Å². The Bertz CT molecular complexity index is 440. The summed E-state index contributed by atoms with van der Waals surface area (Å²) in [6.45, 7) is 5.77. The lowest BCUT2D eigenvalue weighted by atomic mass is 10.0. The lowest BCUT2D eigenvalue weighted by Crippen LogP contribution is -2.43. The van der Waals surface area contributed by atoms with Crippen molar-refractivity contribution in [2.45, 2.75) is 38.6 Å². The molecule has 0 bridgehead atoms. The van der Waals surface area contributed by atoms with E-state index < -0.39 is 0 Å². The van der Waals surface area contributed by atoms with Gasteiger partial charge in [0.1, 0.15) is 0 Å². The van der Waals surface area contributed by atoms with Gasteiger partial charge in [-0.1, -0.05) is 13.8 Å². The van der Waals surface area contributed by atoms with Crippen LogP contribution < -0.4 is 5.73 Å². The predicted octanol–water partition coefficient (Wildman–Crippen LogP) is 1.11. The first-order valence-corrected chi connectivity index (χ1v) is 7.00. The quantitative estimate of drug-likeness (QED) is 0.886. The van der Waals surface area contributed by atoms with Gasteiger partial charge in [-0.15, -0.1) is 0 Å². The zero-order chi connectivity index (χ0) is 14.0. The van der Waals surface area contributed by atoms with Crippen molar-refractivity contribution in [2.75, 3.05) is 13.1 Å². The molecule has 0 radical (unpaired) electrons. The van der Waals surface area contributed by atoms with Crippen molar-refractivity contribution in [1.82, 2.24) is 14.7 Å². The van der Waals surface area contributed by atoms with Crippen LogP contribution in [-0.2, 0) is 11.8 Å². The molecule has 0 saturated carbocycles. The number of carbonyl (C=O) groups is 1. The molecule has 2 atom stereocenters. The van der Waals surface area contributed by atoms with Gasteiger partial charge in [-0.25, -0.2) is 0 Å². The molecule has 106 valence electrons. The van der Waals surface area contributed by atoms with Crippen LogP contribution in [0, 0.1) is 5.92 Å². The maximum Gasteiger partial charge on any atom is 0.239 e. The maximum atomic E-state index is 12.2. The van der Waals surface area contributed by atoms with Gasteiger partial charge in [0.05, 0.1) is 12.2 Å². The van der Waals surface area contributed by atoms with Crippen LogP contribution in [0.1, 0.15) is 38.2 Å². The third kappa shape index (κ3) is 3.35.